The van der Waals surface area contributed by atoms with Gasteiger partial charge in [0, 0.05) is 0 Å². The lowest BCUT2D eigenvalue weighted by Crippen LogP contribution is -2.45. The Hall–Kier alpha value is -1.26. The molecule has 19 heavy (non-hydrogen) atoms. The van der Waals surface area contributed by atoms with Crippen LogP contribution in [0.15, 0.2) is 0 Å². The van der Waals surface area contributed by atoms with E-state index in [4.69, 9.17) is 4.74 Å². The van der Waals surface area contributed by atoms with Crippen LogP contribution < -0.4 is 5.32 Å². The lowest BCUT2D eigenvalue weighted by atomic mass is 9.74. The summed E-state index contributed by atoms with van der Waals surface area (Å²) in [6.45, 7) is 7.30. The molecule has 0 radical (unpaired) electrons. The van der Waals surface area contributed by atoms with Crippen molar-refractivity contribution >= 4 is 12.1 Å². The molecule has 1 fully saturated rings. The lowest BCUT2D eigenvalue weighted by molar-refractivity contribution is -0.140. The molecule has 0 aromatic carbocycles. The van der Waals surface area contributed by atoms with Gasteiger partial charge in [-0.1, -0.05) is 26.2 Å². The van der Waals surface area contributed by atoms with Crippen molar-refractivity contribution in [2.45, 2.75) is 65.0 Å². The first kappa shape index (κ1) is 15.8. The fraction of sp³-hybridized carbons (Fsp3) is 0.857. The molecule has 1 aliphatic carbocycles. The van der Waals surface area contributed by atoms with E-state index in [-0.39, 0.29) is 0 Å². The molecular weight excluding hydrogens is 246 g/mol. The Morgan fingerprint density at radius 2 is 1.95 bits per heavy atom. The molecule has 0 bridgehead atoms. The number of alkyl carbamates (subject to hydrolysis) is 1. The molecule has 1 saturated carbocycles. The first-order chi connectivity index (χ1) is 8.69. The Balaban J connectivity index is 2.48. The number of carboxylic acids is 1. The second kappa shape index (κ2) is 6.26. The molecule has 5 heteroatoms. The van der Waals surface area contributed by atoms with E-state index in [1.165, 1.54) is 19.3 Å². The highest BCUT2D eigenvalue weighted by atomic mass is 16.6. The Kier molecular flexibility index (Phi) is 5.20. The number of ether oxygens (including phenoxy) is 1. The van der Waals surface area contributed by atoms with E-state index in [9.17, 15) is 14.7 Å². The van der Waals surface area contributed by atoms with Gasteiger partial charge in [0.25, 0.3) is 0 Å². The van der Waals surface area contributed by atoms with Gasteiger partial charge < -0.3 is 15.2 Å². The summed E-state index contributed by atoms with van der Waals surface area (Å²) in [5.74, 6) is -0.0934. The maximum atomic E-state index is 11.6. The number of hydrogen-bond acceptors (Lipinski definition) is 3. The number of nitrogens with one attached hydrogen (secondary N) is 1. The van der Waals surface area contributed by atoms with E-state index in [0.717, 1.165) is 0 Å². The van der Waals surface area contributed by atoms with Crippen LogP contribution in [0.4, 0.5) is 4.79 Å². The Morgan fingerprint density at radius 3 is 2.32 bits per heavy atom. The van der Waals surface area contributed by atoms with Gasteiger partial charge >= 0.3 is 12.1 Å². The number of aliphatic carboxylic acids is 1. The zero-order valence-electron chi connectivity index (χ0n) is 12.2. The second-order valence-corrected chi connectivity index (χ2v) is 6.44. The molecule has 0 aromatic heterocycles. The van der Waals surface area contributed by atoms with Crippen LogP contribution in [0.5, 0.6) is 0 Å². The zero-order valence-corrected chi connectivity index (χ0v) is 12.2. The molecule has 1 amide bonds. The number of rotatable bonds is 5. The molecule has 5 nitrogen and oxygen atoms in total. The summed E-state index contributed by atoms with van der Waals surface area (Å²) < 4.78 is 5.09. The highest BCUT2D eigenvalue weighted by Gasteiger charge is 2.30. The van der Waals surface area contributed by atoms with Crippen LogP contribution in [0.1, 0.15) is 53.4 Å². The van der Waals surface area contributed by atoms with Gasteiger partial charge in [-0.3, -0.25) is 0 Å². The van der Waals surface area contributed by atoms with Crippen LogP contribution in [-0.4, -0.2) is 28.8 Å². The molecular formula is C14H25NO4. The van der Waals surface area contributed by atoms with Gasteiger partial charge in [0.05, 0.1) is 0 Å². The van der Waals surface area contributed by atoms with Crippen molar-refractivity contribution in [2.75, 3.05) is 0 Å². The molecule has 0 spiro atoms. The molecule has 110 valence electrons. The molecule has 1 rings (SSSR count). The van der Waals surface area contributed by atoms with Crippen LogP contribution in [0.2, 0.25) is 0 Å². The number of carbonyl (C=O) groups excluding carboxylic acids is 1. The average Bonchev–Trinajstić information content (AvgIpc) is 2.09. The third kappa shape index (κ3) is 5.49. The van der Waals surface area contributed by atoms with Crippen molar-refractivity contribution in [2.24, 2.45) is 11.8 Å². The Morgan fingerprint density at radius 1 is 1.37 bits per heavy atom. The summed E-state index contributed by atoms with van der Waals surface area (Å²) in [6, 6.07) is -0.870. The topological polar surface area (TPSA) is 75.6 Å². The van der Waals surface area contributed by atoms with Crippen molar-refractivity contribution in [1.82, 2.24) is 5.32 Å². The number of carboxylic acid groups (broad SMARTS) is 1. The summed E-state index contributed by atoms with van der Waals surface area (Å²) in [5, 5.41) is 11.6. The maximum absolute atomic E-state index is 11.6. The standard InChI is InChI=1S/C14H25NO4/c1-9(10-6-5-7-10)8-11(12(16)17)15-13(18)19-14(2,3)4/h9-11H,5-8H2,1-4H3,(H,15,18)(H,16,17). The predicted octanol–water partition coefficient (Wildman–Crippen LogP) is 2.79. The minimum atomic E-state index is -1.00. The molecule has 2 N–H and O–H groups in total. The van der Waals surface area contributed by atoms with Crippen LogP contribution >= 0.6 is 0 Å². The third-order valence-corrected chi connectivity index (χ3v) is 3.55. The fourth-order valence-corrected chi connectivity index (χ4v) is 2.24. The van der Waals surface area contributed by atoms with Gasteiger partial charge in [0.2, 0.25) is 0 Å². The van der Waals surface area contributed by atoms with Crippen molar-refractivity contribution in [3.8, 4) is 0 Å². The van der Waals surface area contributed by atoms with Crippen LogP contribution in [0, 0.1) is 11.8 Å². The second-order valence-electron chi connectivity index (χ2n) is 6.44. The van der Waals surface area contributed by atoms with Crippen molar-refractivity contribution in [3.63, 3.8) is 0 Å². The van der Waals surface area contributed by atoms with Gasteiger partial charge in [-0.05, 0) is 39.0 Å². The van der Waals surface area contributed by atoms with Crippen molar-refractivity contribution in [3.05, 3.63) is 0 Å². The van der Waals surface area contributed by atoms with Gasteiger partial charge in [0.1, 0.15) is 11.6 Å². The van der Waals surface area contributed by atoms with Crippen molar-refractivity contribution in [1.29, 1.82) is 0 Å². The van der Waals surface area contributed by atoms with Gasteiger partial charge in [-0.15, -0.1) is 0 Å². The summed E-state index contributed by atoms with van der Waals surface area (Å²) >= 11 is 0. The Bertz CT molecular complexity index is 331. The normalized spacial score (nSPS) is 19.2. The van der Waals surface area contributed by atoms with E-state index in [1.807, 2.05) is 0 Å². The van der Waals surface area contributed by atoms with E-state index < -0.39 is 23.7 Å². The average molecular weight is 271 g/mol. The van der Waals surface area contributed by atoms with Gasteiger partial charge in [-0.2, -0.15) is 0 Å². The summed E-state index contributed by atoms with van der Waals surface area (Å²) in [7, 11) is 0. The van der Waals surface area contributed by atoms with Crippen molar-refractivity contribution < 1.29 is 19.4 Å². The predicted molar refractivity (Wildman–Crippen MR) is 71.9 cm³/mol. The fourth-order valence-electron chi connectivity index (χ4n) is 2.24. The molecule has 0 heterocycles. The first-order valence-corrected chi connectivity index (χ1v) is 6.91. The SMILES string of the molecule is CC(CC(NC(=O)OC(C)(C)C)C(=O)O)C1CCC1. The largest absolute Gasteiger partial charge is 0.480 e. The minimum absolute atomic E-state index is 0.310. The van der Waals surface area contributed by atoms with Gasteiger partial charge in [0.15, 0.2) is 0 Å². The highest BCUT2D eigenvalue weighted by molar-refractivity contribution is 5.80. The Labute approximate surface area is 114 Å². The smallest absolute Gasteiger partial charge is 0.408 e. The lowest BCUT2D eigenvalue weighted by Gasteiger charge is -2.33. The van der Waals surface area contributed by atoms with E-state index in [0.29, 0.717) is 18.3 Å². The van der Waals surface area contributed by atoms with E-state index >= 15 is 0 Å². The number of carbonyl (C=O) groups is 2. The van der Waals surface area contributed by atoms with E-state index in [1.54, 1.807) is 20.8 Å². The third-order valence-electron chi connectivity index (χ3n) is 3.55. The summed E-state index contributed by atoms with van der Waals surface area (Å²) in [4.78, 5) is 22.8. The molecule has 0 aromatic rings. The molecule has 2 atom stereocenters. The van der Waals surface area contributed by atoms with E-state index in [2.05, 4.69) is 12.2 Å². The summed E-state index contributed by atoms with van der Waals surface area (Å²) in [5.41, 5.74) is -0.618. The first-order valence-electron chi connectivity index (χ1n) is 6.91. The van der Waals surface area contributed by atoms with Gasteiger partial charge in [-0.25, -0.2) is 9.59 Å². The number of amides is 1. The molecule has 0 saturated heterocycles. The monoisotopic (exact) mass is 271 g/mol. The van der Waals surface area contributed by atoms with Crippen LogP contribution in [-0.2, 0) is 9.53 Å². The molecule has 0 aliphatic heterocycles. The van der Waals surface area contributed by atoms with Crippen LogP contribution in [0.25, 0.3) is 0 Å². The quantitative estimate of drug-likeness (QED) is 0.806. The zero-order chi connectivity index (χ0) is 14.6. The summed E-state index contributed by atoms with van der Waals surface area (Å²) in [6.07, 6.45) is 3.35. The number of hydrogen-bond donors (Lipinski definition) is 2. The highest BCUT2D eigenvalue weighted by Crippen LogP contribution is 2.35. The maximum Gasteiger partial charge on any atom is 0.408 e. The molecule has 1 aliphatic rings. The minimum Gasteiger partial charge on any atom is -0.480 e. The molecule has 2 unspecified atom stereocenters. The van der Waals surface area contributed by atoms with Crippen LogP contribution in [0.3, 0.4) is 0 Å².